The third-order valence-electron chi connectivity index (χ3n) is 2.76. The summed E-state index contributed by atoms with van der Waals surface area (Å²) >= 11 is 0. The molecule has 0 N–H and O–H groups in total. The maximum atomic E-state index is 5.21. The molecule has 0 aliphatic rings. The van der Waals surface area contributed by atoms with Gasteiger partial charge in [-0.2, -0.15) is 0 Å². The fourth-order valence-corrected chi connectivity index (χ4v) is 1.90. The van der Waals surface area contributed by atoms with Crippen molar-refractivity contribution in [1.29, 1.82) is 0 Å². The highest BCUT2D eigenvalue weighted by atomic mass is 16.5. The van der Waals surface area contributed by atoms with Gasteiger partial charge in [0.1, 0.15) is 5.75 Å². The molecular formula is C15H16O. The van der Waals surface area contributed by atoms with E-state index in [1.54, 1.807) is 7.11 Å². The van der Waals surface area contributed by atoms with Crippen molar-refractivity contribution in [1.82, 2.24) is 0 Å². The van der Waals surface area contributed by atoms with Gasteiger partial charge in [0, 0.05) is 0 Å². The molecular weight excluding hydrogens is 196 g/mol. The van der Waals surface area contributed by atoms with Crippen molar-refractivity contribution in [2.24, 2.45) is 0 Å². The van der Waals surface area contributed by atoms with Crippen LogP contribution < -0.4 is 4.74 Å². The van der Waals surface area contributed by atoms with Crippen LogP contribution in [0.25, 0.3) is 11.1 Å². The summed E-state index contributed by atoms with van der Waals surface area (Å²) in [5.41, 5.74) is 5.06. The van der Waals surface area contributed by atoms with Crippen molar-refractivity contribution in [3.63, 3.8) is 0 Å². The normalized spacial score (nSPS) is 10.2. The Kier molecular flexibility index (Phi) is 2.95. The van der Waals surface area contributed by atoms with Crippen LogP contribution in [-0.2, 0) is 0 Å². The van der Waals surface area contributed by atoms with E-state index in [-0.39, 0.29) is 0 Å². The van der Waals surface area contributed by atoms with E-state index in [4.69, 9.17) is 4.74 Å². The van der Waals surface area contributed by atoms with Crippen molar-refractivity contribution in [2.75, 3.05) is 7.11 Å². The van der Waals surface area contributed by atoms with Crippen molar-refractivity contribution >= 4 is 0 Å². The van der Waals surface area contributed by atoms with E-state index >= 15 is 0 Å². The Morgan fingerprint density at radius 2 is 1.75 bits per heavy atom. The van der Waals surface area contributed by atoms with E-state index in [1.165, 1.54) is 22.3 Å². The SMILES string of the molecule is COc1ccc(-c2cccc(C)c2)c(C)c1. The van der Waals surface area contributed by atoms with Crippen molar-refractivity contribution in [3.05, 3.63) is 53.6 Å². The molecule has 0 unspecified atom stereocenters. The average Bonchev–Trinajstić information content (AvgIpc) is 2.28. The number of hydrogen-bond acceptors (Lipinski definition) is 1. The topological polar surface area (TPSA) is 9.23 Å². The number of ether oxygens (including phenoxy) is 1. The Labute approximate surface area is 96.7 Å². The zero-order chi connectivity index (χ0) is 11.5. The Morgan fingerprint density at radius 3 is 2.38 bits per heavy atom. The third kappa shape index (κ3) is 2.08. The number of aryl methyl sites for hydroxylation is 2. The smallest absolute Gasteiger partial charge is 0.119 e. The van der Waals surface area contributed by atoms with Crippen LogP contribution in [0.5, 0.6) is 5.75 Å². The van der Waals surface area contributed by atoms with Gasteiger partial charge in [-0.05, 0) is 42.7 Å². The number of methoxy groups -OCH3 is 1. The number of hydrogen-bond donors (Lipinski definition) is 0. The largest absolute Gasteiger partial charge is 0.497 e. The molecule has 2 aromatic carbocycles. The first-order valence-corrected chi connectivity index (χ1v) is 5.42. The quantitative estimate of drug-likeness (QED) is 0.731. The van der Waals surface area contributed by atoms with Gasteiger partial charge in [0.25, 0.3) is 0 Å². The van der Waals surface area contributed by atoms with Crippen LogP contribution in [0.15, 0.2) is 42.5 Å². The molecule has 0 bridgehead atoms. The minimum absolute atomic E-state index is 0.911. The van der Waals surface area contributed by atoms with Crippen LogP contribution in [0, 0.1) is 13.8 Å². The molecule has 1 heteroatoms. The lowest BCUT2D eigenvalue weighted by Crippen LogP contribution is -1.87. The third-order valence-corrected chi connectivity index (χ3v) is 2.76. The summed E-state index contributed by atoms with van der Waals surface area (Å²) in [4.78, 5) is 0. The van der Waals surface area contributed by atoms with E-state index in [0.717, 1.165) is 5.75 Å². The van der Waals surface area contributed by atoms with Gasteiger partial charge in [0.15, 0.2) is 0 Å². The fourth-order valence-electron chi connectivity index (χ4n) is 1.90. The first-order valence-electron chi connectivity index (χ1n) is 5.42. The molecule has 2 aromatic rings. The Bertz CT molecular complexity index is 501. The fraction of sp³-hybridized carbons (Fsp3) is 0.200. The summed E-state index contributed by atoms with van der Waals surface area (Å²) in [6.45, 7) is 4.22. The van der Waals surface area contributed by atoms with Gasteiger partial charge in [-0.1, -0.05) is 35.9 Å². The lowest BCUT2D eigenvalue weighted by atomic mass is 9.99. The van der Waals surface area contributed by atoms with Crippen LogP contribution in [0.4, 0.5) is 0 Å². The maximum Gasteiger partial charge on any atom is 0.119 e. The number of rotatable bonds is 2. The van der Waals surface area contributed by atoms with E-state index in [9.17, 15) is 0 Å². The van der Waals surface area contributed by atoms with Gasteiger partial charge in [0.05, 0.1) is 7.11 Å². The van der Waals surface area contributed by atoms with E-state index in [2.05, 4.69) is 50.2 Å². The van der Waals surface area contributed by atoms with Crippen molar-refractivity contribution in [3.8, 4) is 16.9 Å². The van der Waals surface area contributed by atoms with Gasteiger partial charge in [-0.3, -0.25) is 0 Å². The summed E-state index contributed by atoms with van der Waals surface area (Å²) in [6.07, 6.45) is 0. The number of benzene rings is 2. The maximum absolute atomic E-state index is 5.21. The molecule has 16 heavy (non-hydrogen) atoms. The molecule has 0 spiro atoms. The molecule has 0 aromatic heterocycles. The second kappa shape index (κ2) is 4.40. The molecule has 0 aliphatic heterocycles. The lowest BCUT2D eigenvalue weighted by Gasteiger charge is -2.08. The van der Waals surface area contributed by atoms with Gasteiger partial charge >= 0.3 is 0 Å². The summed E-state index contributed by atoms with van der Waals surface area (Å²) < 4.78 is 5.21. The molecule has 0 aliphatic carbocycles. The monoisotopic (exact) mass is 212 g/mol. The molecule has 2 rings (SSSR count). The zero-order valence-corrected chi connectivity index (χ0v) is 9.95. The van der Waals surface area contributed by atoms with Crippen molar-refractivity contribution in [2.45, 2.75) is 13.8 Å². The van der Waals surface area contributed by atoms with Crippen molar-refractivity contribution < 1.29 is 4.74 Å². The van der Waals surface area contributed by atoms with Crippen LogP contribution in [-0.4, -0.2) is 7.11 Å². The van der Waals surface area contributed by atoms with Crippen LogP contribution in [0.1, 0.15) is 11.1 Å². The standard InChI is InChI=1S/C15H16O/c1-11-5-4-6-13(9-11)15-8-7-14(16-3)10-12(15)2/h4-10H,1-3H3. The lowest BCUT2D eigenvalue weighted by molar-refractivity contribution is 0.414. The summed E-state index contributed by atoms with van der Waals surface area (Å²) in [5.74, 6) is 0.911. The molecule has 1 nitrogen and oxygen atoms in total. The highest BCUT2D eigenvalue weighted by molar-refractivity contribution is 5.68. The van der Waals surface area contributed by atoms with E-state index in [1.807, 2.05) is 6.07 Å². The highest BCUT2D eigenvalue weighted by Crippen LogP contribution is 2.27. The molecule has 0 fully saturated rings. The molecule has 82 valence electrons. The highest BCUT2D eigenvalue weighted by Gasteiger charge is 2.03. The second-order valence-electron chi connectivity index (χ2n) is 4.05. The molecule has 0 radical (unpaired) electrons. The van der Waals surface area contributed by atoms with E-state index in [0.29, 0.717) is 0 Å². The summed E-state index contributed by atoms with van der Waals surface area (Å²) in [7, 11) is 1.70. The van der Waals surface area contributed by atoms with Gasteiger partial charge in [0.2, 0.25) is 0 Å². The second-order valence-corrected chi connectivity index (χ2v) is 4.05. The average molecular weight is 212 g/mol. The molecule has 0 amide bonds. The van der Waals surface area contributed by atoms with Crippen LogP contribution in [0.3, 0.4) is 0 Å². The Balaban J connectivity index is 2.48. The Hall–Kier alpha value is -1.76. The van der Waals surface area contributed by atoms with Crippen LogP contribution >= 0.6 is 0 Å². The minimum Gasteiger partial charge on any atom is -0.497 e. The zero-order valence-electron chi connectivity index (χ0n) is 9.95. The molecule has 0 heterocycles. The van der Waals surface area contributed by atoms with E-state index < -0.39 is 0 Å². The molecule has 0 atom stereocenters. The van der Waals surface area contributed by atoms with Gasteiger partial charge in [-0.15, -0.1) is 0 Å². The van der Waals surface area contributed by atoms with Gasteiger partial charge < -0.3 is 4.74 Å². The minimum atomic E-state index is 0.911. The summed E-state index contributed by atoms with van der Waals surface area (Å²) in [5, 5.41) is 0. The predicted octanol–water partition coefficient (Wildman–Crippen LogP) is 3.98. The Morgan fingerprint density at radius 1 is 0.938 bits per heavy atom. The first kappa shape index (κ1) is 10.7. The molecule has 0 saturated heterocycles. The first-order chi connectivity index (χ1) is 7.70. The van der Waals surface area contributed by atoms with Gasteiger partial charge in [-0.25, -0.2) is 0 Å². The molecule has 0 saturated carbocycles. The predicted molar refractivity (Wildman–Crippen MR) is 67.9 cm³/mol. The summed E-state index contributed by atoms with van der Waals surface area (Å²) in [6, 6.07) is 14.7. The van der Waals surface area contributed by atoms with Crippen LogP contribution in [0.2, 0.25) is 0 Å².